The van der Waals surface area contributed by atoms with Crippen LogP contribution in [0.1, 0.15) is 22.3 Å². The van der Waals surface area contributed by atoms with Crippen molar-refractivity contribution in [2.75, 3.05) is 4.90 Å². The summed E-state index contributed by atoms with van der Waals surface area (Å²) in [4.78, 5) is 2.53. The van der Waals surface area contributed by atoms with Crippen LogP contribution < -0.4 is 4.90 Å². The van der Waals surface area contributed by atoms with E-state index in [-0.39, 0.29) is 0 Å². The molecular weight excluding hydrogens is 819 g/mol. The molecule has 14 rings (SSSR count). The number of furan rings is 1. The summed E-state index contributed by atoms with van der Waals surface area (Å²) in [5, 5.41) is 9.67. The van der Waals surface area contributed by atoms with Gasteiger partial charge in [0, 0.05) is 48.4 Å². The van der Waals surface area contributed by atoms with E-state index >= 15 is 0 Å². The van der Waals surface area contributed by atoms with E-state index in [1.165, 1.54) is 69.7 Å². The molecule has 2 aromatic heterocycles. The van der Waals surface area contributed by atoms with Gasteiger partial charge in [-0.15, -0.1) is 11.3 Å². The van der Waals surface area contributed by atoms with Crippen LogP contribution >= 0.6 is 11.3 Å². The molecule has 0 atom stereocenters. The Bertz CT molecular complexity index is 4010. The first-order valence-corrected chi connectivity index (χ1v) is 23.5. The number of hydrogen-bond donors (Lipinski definition) is 0. The summed E-state index contributed by atoms with van der Waals surface area (Å²) in [6, 6.07) is 87.0. The molecule has 1 aliphatic rings. The molecule has 0 radical (unpaired) electrons. The maximum absolute atomic E-state index is 6.84. The third-order valence-corrected chi connectivity index (χ3v) is 15.4. The Kier molecular flexibility index (Phi) is 8.10. The zero-order valence-corrected chi connectivity index (χ0v) is 36.6. The van der Waals surface area contributed by atoms with Gasteiger partial charge in [-0.05, 0) is 79.9 Å². The van der Waals surface area contributed by atoms with Crippen LogP contribution in [0.4, 0.5) is 17.1 Å². The highest BCUT2D eigenvalue weighted by Gasteiger charge is 2.47. The second kappa shape index (κ2) is 14.4. The smallest absolute Gasteiger partial charge is 0.143 e. The summed E-state index contributed by atoms with van der Waals surface area (Å²) < 4.78 is 9.41. The maximum atomic E-state index is 6.84. The summed E-state index contributed by atoms with van der Waals surface area (Å²) in [7, 11) is 0. The van der Waals surface area contributed by atoms with E-state index in [0.717, 1.165) is 55.5 Å². The Labute approximate surface area is 385 Å². The molecule has 0 spiro atoms. The van der Waals surface area contributed by atoms with Gasteiger partial charge in [0.05, 0.1) is 21.5 Å². The minimum atomic E-state index is -0.529. The second-order valence-corrected chi connectivity index (χ2v) is 18.5. The lowest BCUT2D eigenvalue weighted by molar-refractivity contribution is 0.674. The van der Waals surface area contributed by atoms with E-state index in [1.807, 2.05) is 11.3 Å². The lowest BCUT2D eigenvalue weighted by atomic mass is 9.68. The third kappa shape index (κ3) is 5.23. The van der Waals surface area contributed by atoms with E-state index in [4.69, 9.17) is 4.42 Å². The third-order valence-electron chi connectivity index (χ3n) is 14.1. The van der Waals surface area contributed by atoms with Gasteiger partial charge in [-0.3, -0.25) is 0 Å². The standard InChI is InChI=1S/C63H39NOS/c1-3-18-43(19-4-1)63(44-20-5-2-6-21-44)54-28-12-11-24-53(54)58-55(63)29-15-30-56(58)64(57-31-14-27-51-52-39-35-41-17-8-10-23-48(41)61(52)66-62(51)57)45-36-32-42(33-37-45)47-25-13-26-49-50-38-34-40-16-7-9-22-46(40)60(50)65-59(47)49/h1-39H. The van der Waals surface area contributed by atoms with Crippen molar-refractivity contribution in [2.45, 2.75) is 5.41 Å². The molecule has 0 bridgehead atoms. The maximum Gasteiger partial charge on any atom is 0.143 e. The molecule has 2 heterocycles. The van der Waals surface area contributed by atoms with Gasteiger partial charge >= 0.3 is 0 Å². The van der Waals surface area contributed by atoms with Gasteiger partial charge < -0.3 is 9.32 Å². The predicted molar refractivity (Wildman–Crippen MR) is 279 cm³/mol. The van der Waals surface area contributed by atoms with Crippen LogP contribution in [0.2, 0.25) is 0 Å². The normalized spacial score (nSPS) is 13.0. The zero-order chi connectivity index (χ0) is 43.3. The van der Waals surface area contributed by atoms with Crippen molar-refractivity contribution in [1.82, 2.24) is 0 Å². The van der Waals surface area contributed by atoms with Gasteiger partial charge in [0.2, 0.25) is 0 Å². The molecule has 13 aromatic rings. The largest absolute Gasteiger partial charge is 0.455 e. The predicted octanol–water partition coefficient (Wildman–Crippen LogP) is 17.8. The van der Waals surface area contributed by atoms with Gasteiger partial charge in [-0.2, -0.15) is 0 Å². The Morgan fingerprint density at radius 1 is 0.348 bits per heavy atom. The zero-order valence-electron chi connectivity index (χ0n) is 35.8. The highest BCUT2D eigenvalue weighted by molar-refractivity contribution is 7.27. The molecule has 3 heteroatoms. The number of anilines is 3. The number of para-hydroxylation sites is 1. The molecule has 11 aromatic carbocycles. The number of fused-ring (bicyclic) bond motifs is 13. The average Bonchev–Trinajstić information content (AvgIpc) is 4.07. The summed E-state index contributed by atoms with van der Waals surface area (Å²) in [6.45, 7) is 0. The quantitative estimate of drug-likeness (QED) is 0.166. The number of nitrogens with zero attached hydrogens (tertiary/aromatic N) is 1. The van der Waals surface area contributed by atoms with Gasteiger partial charge in [0.25, 0.3) is 0 Å². The minimum absolute atomic E-state index is 0.529. The summed E-state index contributed by atoms with van der Waals surface area (Å²) in [5.41, 5.74) is 14.4. The number of rotatable bonds is 6. The summed E-state index contributed by atoms with van der Waals surface area (Å²) >= 11 is 1.90. The van der Waals surface area contributed by atoms with E-state index in [2.05, 4.69) is 241 Å². The molecule has 0 unspecified atom stereocenters. The fourth-order valence-corrected chi connectivity index (χ4v) is 12.6. The summed E-state index contributed by atoms with van der Waals surface area (Å²) in [5.74, 6) is 0. The van der Waals surface area contributed by atoms with E-state index in [0.29, 0.717) is 0 Å². The number of benzene rings is 11. The first kappa shape index (κ1) is 37.2. The first-order valence-electron chi connectivity index (χ1n) is 22.7. The fraction of sp³-hybridized carbons (Fsp3) is 0.0159. The van der Waals surface area contributed by atoms with Crippen molar-refractivity contribution in [3.05, 3.63) is 259 Å². The Morgan fingerprint density at radius 3 is 1.68 bits per heavy atom. The highest BCUT2D eigenvalue weighted by atomic mass is 32.1. The Hall–Kier alpha value is -8.24. The van der Waals surface area contributed by atoms with Crippen molar-refractivity contribution in [3.63, 3.8) is 0 Å². The van der Waals surface area contributed by atoms with Crippen LogP contribution in [0.3, 0.4) is 0 Å². The van der Waals surface area contributed by atoms with Crippen molar-refractivity contribution in [1.29, 1.82) is 0 Å². The molecule has 66 heavy (non-hydrogen) atoms. The highest BCUT2D eigenvalue weighted by Crippen LogP contribution is 2.60. The van der Waals surface area contributed by atoms with Crippen molar-refractivity contribution < 1.29 is 4.42 Å². The van der Waals surface area contributed by atoms with Gasteiger partial charge in [0.15, 0.2) is 0 Å². The lowest BCUT2D eigenvalue weighted by Gasteiger charge is -2.34. The molecule has 0 N–H and O–H groups in total. The second-order valence-electron chi connectivity index (χ2n) is 17.5. The molecule has 0 saturated heterocycles. The fourth-order valence-electron chi connectivity index (χ4n) is 11.3. The minimum Gasteiger partial charge on any atom is -0.455 e. The average molecular weight is 858 g/mol. The molecule has 1 aliphatic carbocycles. The van der Waals surface area contributed by atoms with Crippen molar-refractivity contribution in [2.24, 2.45) is 0 Å². The van der Waals surface area contributed by atoms with Gasteiger partial charge in [0.1, 0.15) is 11.2 Å². The topological polar surface area (TPSA) is 16.4 Å². The van der Waals surface area contributed by atoms with Crippen LogP contribution in [0.15, 0.2) is 241 Å². The Morgan fingerprint density at radius 2 is 0.894 bits per heavy atom. The van der Waals surface area contributed by atoms with Gasteiger partial charge in [-0.25, -0.2) is 0 Å². The first-order chi connectivity index (χ1) is 32.8. The van der Waals surface area contributed by atoms with Gasteiger partial charge in [-0.1, -0.05) is 206 Å². The van der Waals surface area contributed by atoms with Crippen LogP contribution in [0.5, 0.6) is 0 Å². The number of hydrogen-bond acceptors (Lipinski definition) is 3. The molecular formula is C63H39NOS. The molecule has 2 nitrogen and oxygen atoms in total. The van der Waals surface area contributed by atoms with Crippen molar-refractivity contribution in [3.8, 4) is 22.3 Å². The van der Waals surface area contributed by atoms with Crippen LogP contribution in [0.25, 0.3) is 85.9 Å². The molecule has 0 amide bonds. The van der Waals surface area contributed by atoms with E-state index < -0.39 is 5.41 Å². The molecule has 0 fully saturated rings. The van der Waals surface area contributed by atoms with Crippen LogP contribution in [0, 0.1) is 0 Å². The van der Waals surface area contributed by atoms with Crippen LogP contribution in [-0.4, -0.2) is 0 Å². The van der Waals surface area contributed by atoms with Crippen molar-refractivity contribution >= 4 is 92.1 Å². The number of thiophene rings is 1. The van der Waals surface area contributed by atoms with E-state index in [9.17, 15) is 0 Å². The lowest BCUT2D eigenvalue weighted by Crippen LogP contribution is -2.28. The van der Waals surface area contributed by atoms with E-state index in [1.54, 1.807) is 0 Å². The Balaban J connectivity index is 1.03. The molecule has 0 aliphatic heterocycles. The van der Waals surface area contributed by atoms with Crippen LogP contribution in [-0.2, 0) is 5.41 Å². The monoisotopic (exact) mass is 857 g/mol. The SMILES string of the molecule is c1ccc(C2(c3ccccc3)c3ccccc3-c3c(N(c4ccc(-c5cccc6c5oc5c7ccccc7ccc65)cc4)c4cccc5c4sc4c6ccccc6ccc54)cccc32)cc1. The molecule has 0 saturated carbocycles. The molecule has 308 valence electrons. The summed E-state index contributed by atoms with van der Waals surface area (Å²) in [6.07, 6.45) is 0.